The van der Waals surface area contributed by atoms with Gasteiger partial charge in [-0.05, 0) is 38.5 Å². The summed E-state index contributed by atoms with van der Waals surface area (Å²) in [6.45, 7) is 5.35. The fourth-order valence-electron chi connectivity index (χ4n) is 2.11. The Morgan fingerprint density at radius 2 is 2.05 bits per heavy atom. The van der Waals surface area contributed by atoms with Crippen molar-refractivity contribution in [1.29, 1.82) is 0 Å². The fraction of sp³-hybridized carbons (Fsp3) is 0.467. The standard InChI is InChI=1S/C15H21FN2O3/c1-4-9-15(3,13(19)20)17-14(21)18(5-2)12-8-6-7-11(16)10-12/h6-8,10H,4-5,9H2,1-3H3,(H,17,21)(H,19,20). The molecule has 1 rings (SSSR count). The summed E-state index contributed by atoms with van der Waals surface area (Å²) < 4.78 is 13.3. The first-order valence-electron chi connectivity index (χ1n) is 6.92. The minimum atomic E-state index is -1.34. The van der Waals surface area contributed by atoms with Gasteiger partial charge in [0.25, 0.3) is 0 Å². The molecule has 0 saturated heterocycles. The minimum absolute atomic E-state index is 0.303. The Balaban J connectivity index is 2.96. The number of carboxylic acid groups (broad SMARTS) is 1. The number of halogens is 1. The highest BCUT2D eigenvalue weighted by molar-refractivity contribution is 5.95. The van der Waals surface area contributed by atoms with Crippen LogP contribution in [0.25, 0.3) is 0 Å². The molecule has 116 valence electrons. The average Bonchev–Trinajstić information content (AvgIpc) is 2.39. The molecular formula is C15H21FN2O3. The number of benzene rings is 1. The number of rotatable bonds is 6. The van der Waals surface area contributed by atoms with Crippen molar-refractivity contribution in [2.24, 2.45) is 0 Å². The van der Waals surface area contributed by atoms with Gasteiger partial charge in [-0.2, -0.15) is 0 Å². The second kappa shape index (κ2) is 7.06. The van der Waals surface area contributed by atoms with Crippen LogP contribution in [0.15, 0.2) is 24.3 Å². The van der Waals surface area contributed by atoms with Gasteiger partial charge in [0.2, 0.25) is 0 Å². The van der Waals surface area contributed by atoms with Crippen molar-refractivity contribution in [2.75, 3.05) is 11.4 Å². The average molecular weight is 296 g/mol. The molecule has 0 fully saturated rings. The highest BCUT2D eigenvalue weighted by Crippen LogP contribution is 2.18. The van der Waals surface area contributed by atoms with Crippen molar-refractivity contribution in [3.8, 4) is 0 Å². The van der Waals surface area contributed by atoms with Gasteiger partial charge in [0.05, 0.1) is 0 Å². The minimum Gasteiger partial charge on any atom is -0.480 e. The van der Waals surface area contributed by atoms with E-state index in [1.807, 2.05) is 6.92 Å². The molecule has 0 spiro atoms. The molecule has 21 heavy (non-hydrogen) atoms. The summed E-state index contributed by atoms with van der Waals surface area (Å²) in [7, 11) is 0. The summed E-state index contributed by atoms with van der Waals surface area (Å²) in [6, 6.07) is 5.07. The number of carbonyl (C=O) groups is 2. The van der Waals surface area contributed by atoms with E-state index >= 15 is 0 Å². The van der Waals surface area contributed by atoms with Crippen molar-refractivity contribution in [2.45, 2.75) is 39.2 Å². The molecule has 0 aromatic heterocycles. The second-order valence-corrected chi connectivity index (χ2v) is 5.04. The van der Waals surface area contributed by atoms with Crippen LogP contribution < -0.4 is 10.2 Å². The van der Waals surface area contributed by atoms with E-state index in [9.17, 15) is 19.1 Å². The molecule has 0 aliphatic carbocycles. The maximum Gasteiger partial charge on any atom is 0.329 e. The van der Waals surface area contributed by atoms with E-state index in [0.717, 1.165) is 0 Å². The number of hydrogen-bond acceptors (Lipinski definition) is 2. The molecule has 0 saturated carbocycles. The third-order valence-electron chi connectivity index (χ3n) is 3.29. The number of aliphatic carboxylic acids is 1. The topological polar surface area (TPSA) is 69.6 Å². The molecule has 1 unspecified atom stereocenters. The molecule has 5 nitrogen and oxygen atoms in total. The molecule has 2 N–H and O–H groups in total. The molecule has 0 aliphatic heterocycles. The first kappa shape index (κ1) is 16.9. The predicted molar refractivity (Wildman–Crippen MR) is 78.9 cm³/mol. The second-order valence-electron chi connectivity index (χ2n) is 5.04. The van der Waals surface area contributed by atoms with E-state index in [4.69, 9.17) is 0 Å². The van der Waals surface area contributed by atoms with Gasteiger partial charge in [0.1, 0.15) is 11.4 Å². The fourth-order valence-corrected chi connectivity index (χ4v) is 2.11. The zero-order valence-electron chi connectivity index (χ0n) is 12.5. The maximum absolute atomic E-state index is 13.3. The van der Waals surface area contributed by atoms with Crippen LogP contribution in [-0.4, -0.2) is 29.2 Å². The lowest BCUT2D eigenvalue weighted by Crippen LogP contribution is -2.56. The van der Waals surface area contributed by atoms with Crippen molar-refractivity contribution in [1.82, 2.24) is 5.32 Å². The number of nitrogens with one attached hydrogen (secondary N) is 1. The summed E-state index contributed by atoms with van der Waals surface area (Å²) in [4.78, 5) is 25.0. The number of anilines is 1. The van der Waals surface area contributed by atoms with Gasteiger partial charge >= 0.3 is 12.0 Å². The molecular weight excluding hydrogens is 275 g/mol. The third kappa shape index (κ3) is 4.18. The maximum atomic E-state index is 13.3. The Kier molecular flexibility index (Phi) is 5.69. The largest absolute Gasteiger partial charge is 0.480 e. The number of hydrogen-bond donors (Lipinski definition) is 2. The summed E-state index contributed by atoms with van der Waals surface area (Å²) >= 11 is 0. The number of carbonyl (C=O) groups excluding carboxylic acids is 1. The molecule has 0 heterocycles. The highest BCUT2D eigenvalue weighted by atomic mass is 19.1. The zero-order valence-corrected chi connectivity index (χ0v) is 12.5. The van der Waals surface area contributed by atoms with E-state index in [2.05, 4.69) is 5.32 Å². The zero-order chi connectivity index (χ0) is 16.0. The van der Waals surface area contributed by atoms with Crippen LogP contribution in [0.4, 0.5) is 14.9 Å². The highest BCUT2D eigenvalue weighted by Gasteiger charge is 2.35. The van der Waals surface area contributed by atoms with E-state index in [0.29, 0.717) is 25.1 Å². The smallest absolute Gasteiger partial charge is 0.329 e. The summed E-state index contributed by atoms with van der Waals surface area (Å²) in [6.07, 6.45) is 0.934. The Bertz CT molecular complexity index is 521. The van der Waals surface area contributed by atoms with Crippen molar-refractivity contribution < 1.29 is 19.1 Å². The number of nitrogens with zero attached hydrogens (tertiary/aromatic N) is 1. The van der Waals surface area contributed by atoms with E-state index in [-0.39, 0.29) is 0 Å². The van der Waals surface area contributed by atoms with Gasteiger partial charge < -0.3 is 10.4 Å². The van der Waals surface area contributed by atoms with Crippen molar-refractivity contribution in [3.05, 3.63) is 30.1 Å². The Hall–Kier alpha value is -2.11. The summed E-state index contributed by atoms with van der Waals surface area (Å²) in [5, 5.41) is 11.8. The summed E-state index contributed by atoms with van der Waals surface area (Å²) in [5.74, 6) is -1.54. The first-order valence-corrected chi connectivity index (χ1v) is 6.92. The molecule has 0 bridgehead atoms. The monoisotopic (exact) mass is 296 g/mol. The van der Waals surface area contributed by atoms with E-state index in [1.54, 1.807) is 13.0 Å². The number of urea groups is 1. The van der Waals surface area contributed by atoms with Crippen LogP contribution >= 0.6 is 0 Å². The summed E-state index contributed by atoms with van der Waals surface area (Å²) in [5.41, 5.74) is -0.953. The first-order chi connectivity index (χ1) is 9.84. The molecule has 0 radical (unpaired) electrons. The number of amides is 2. The molecule has 6 heteroatoms. The van der Waals surface area contributed by atoms with Crippen LogP contribution in [0.1, 0.15) is 33.6 Å². The van der Waals surface area contributed by atoms with Crippen molar-refractivity contribution in [3.63, 3.8) is 0 Å². The van der Waals surface area contributed by atoms with Crippen molar-refractivity contribution >= 4 is 17.7 Å². The van der Waals surface area contributed by atoms with Gasteiger partial charge in [-0.3, -0.25) is 4.90 Å². The van der Waals surface area contributed by atoms with Gasteiger partial charge in [0, 0.05) is 12.2 Å². The van der Waals surface area contributed by atoms with Gasteiger partial charge in [-0.1, -0.05) is 19.4 Å². The molecule has 0 aliphatic rings. The normalized spacial score (nSPS) is 13.3. The SMILES string of the molecule is CCCC(C)(NC(=O)N(CC)c1cccc(F)c1)C(=O)O. The quantitative estimate of drug-likeness (QED) is 0.847. The van der Waals surface area contributed by atoms with Crippen LogP contribution in [0.3, 0.4) is 0 Å². The van der Waals surface area contributed by atoms with Crippen LogP contribution in [-0.2, 0) is 4.79 Å². The Labute approximate surface area is 123 Å². The lowest BCUT2D eigenvalue weighted by atomic mass is 9.96. The van der Waals surface area contributed by atoms with Gasteiger partial charge in [0.15, 0.2) is 0 Å². The number of carboxylic acids is 1. The van der Waals surface area contributed by atoms with Crippen LogP contribution in [0, 0.1) is 5.82 Å². The van der Waals surface area contributed by atoms with Crippen LogP contribution in [0.2, 0.25) is 0 Å². The lowest BCUT2D eigenvalue weighted by molar-refractivity contribution is -0.144. The van der Waals surface area contributed by atoms with Gasteiger partial charge in [-0.15, -0.1) is 0 Å². The molecule has 1 aromatic rings. The Morgan fingerprint density at radius 3 is 2.52 bits per heavy atom. The van der Waals surface area contributed by atoms with Gasteiger partial charge in [-0.25, -0.2) is 14.0 Å². The van der Waals surface area contributed by atoms with E-state index in [1.165, 1.54) is 30.0 Å². The Morgan fingerprint density at radius 1 is 1.38 bits per heavy atom. The predicted octanol–water partition coefficient (Wildman–Crippen LogP) is 3.01. The molecule has 1 atom stereocenters. The van der Waals surface area contributed by atoms with Crippen LogP contribution in [0.5, 0.6) is 0 Å². The van der Waals surface area contributed by atoms with E-state index < -0.39 is 23.4 Å². The molecule has 2 amide bonds. The molecule has 1 aromatic carbocycles. The third-order valence-corrected chi connectivity index (χ3v) is 3.29. The lowest BCUT2D eigenvalue weighted by Gasteiger charge is -2.30.